The third kappa shape index (κ3) is 3.03. The lowest BCUT2D eigenvalue weighted by atomic mass is 10.1. The number of fused-ring (bicyclic) bond motifs is 1. The number of nitrogens with zero attached hydrogens (tertiary/aromatic N) is 1. The topological polar surface area (TPSA) is 65.6 Å². The van der Waals surface area contributed by atoms with Crippen LogP contribution in [0.1, 0.15) is 18.9 Å². The minimum atomic E-state index is -1.06. The molecule has 1 saturated heterocycles. The Morgan fingerprint density at radius 1 is 1.52 bits per heavy atom. The fraction of sp³-hybridized carbons (Fsp3) is 0.471. The largest absolute Gasteiger partial charge is 0.493 e. The van der Waals surface area contributed by atoms with E-state index >= 15 is 0 Å². The minimum absolute atomic E-state index is 0.0603. The number of carbonyl (C=O) groups excluding carboxylic acids is 1. The molecule has 5 nitrogen and oxygen atoms in total. The summed E-state index contributed by atoms with van der Waals surface area (Å²) in [4.78, 5) is 17.1. The molecule has 0 radical (unpaired) electrons. The molecule has 0 aliphatic carbocycles. The standard InChI is InChI=1S/C17H21FN2O3/c1-2-23-15-5-3-4-14-17(15)11(8-19-14)6-16(22)20-9-12(18)7-13(20)10-21/h3-5,8,12-13,19,21H,2,6-7,9-10H2,1H3/t12-,13-/m0/s1. The third-order valence-corrected chi connectivity index (χ3v) is 4.29. The van der Waals surface area contributed by atoms with Crippen molar-refractivity contribution in [3.63, 3.8) is 0 Å². The number of hydrogen-bond acceptors (Lipinski definition) is 3. The predicted molar refractivity (Wildman–Crippen MR) is 85.3 cm³/mol. The van der Waals surface area contributed by atoms with Crippen LogP contribution in [0.4, 0.5) is 4.39 Å². The van der Waals surface area contributed by atoms with Gasteiger partial charge in [-0.1, -0.05) is 6.07 Å². The van der Waals surface area contributed by atoms with Crippen molar-refractivity contribution in [2.24, 2.45) is 0 Å². The van der Waals surface area contributed by atoms with E-state index in [2.05, 4.69) is 4.98 Å². The number of halogens is 1. The number of likely N-dealkylation sites (tertiary alicyclic amines) is 1. The Morgan fingerprint density at radius 2 is 2.35 bits per heavy atom. The molecule has 23 heavy (non-hydrogen) atoms. The zero-order chi connectivity index (χ0) is 16.4. The zero-order valence-corrected chi connectivity index (χ0v) is 13.1. The van der Waals surface area contributed by atoms with Gasteiger partial charge in [-0.25, -0.2) is 4.39 Å². The molecule has 124 valence electrons. The van der Waals surface area contributed by atoms with Crippen molar-refractivity contribution in [1.82, 2.24) is 9.88 Å². The van der Waals surface area contributed by atoms with E-state index in [0.29, 0.717) is 6.61 Å². The molecule has 1 aromatic carbocycles. The molecule has 0 spiro atoms. The first-order chi connectivity index (χ1) is 11.1. The molecule has 0 bridgehead atoms. The SMILES string of the molecule is CCOc1cccc2[nH]cc(CC(=O)N3C[C@@H](F)C[C@H]3CO)c12. The van der Waals surface area contributed by atoms with E-state index in [1.165, 1.54) is 4.90 Å². The van der Waals surface area contributed by atoms with Crippen LogP contribution in [-0.4, -0.2) is 52.9 Å². The van der Waals surface area contributed by atoms with E-state index in [-0.39, 0.29) is 31.9 Å². The van der Waals surface area contributed by atoms with E-state index < -0.39 is 12.2 Å². The molecule has 6 heteroatoms. The Bertz CT molecular complexity index is 700. The van der Waals surface area contributed by atoms with Crippen molar-refractivity contribution in [1.29, 1.82) is 0 Å². The first-order valence-electron chi connectivity index (χ1n) is 7.90. The number of alkyl halides is 1. The highest BCUT2D eigenvalue weighted by molar-refractivity contribution is 5.93. The van der Waals surface area contributed by atoms with Gasteiger partial charge in [0.2, 0.25) is 5.91 Å². The molecule has 3 rings (SSSR count). The van der Waals surface area contributed by atoms with Gasteiger partial charge < -0.3 is 19.7 Å². The van der Waals surface area contributed by atoms with Gasteiger partial charge >= 0.3 is 0 Å². The quantitative estimate of drug-likeness (QED) is 0.886. The molecule has 0 unspecified atom stereocenters. The van der Waals surface area contributed by atoms with Gasteiger partial charge in [0, 0.05) is 23.5 Å². The maximum absolute atomic E-state index is 13.5. The van der Waals surface area contributed by atoms with Gasteiger partial charge in [-0.3, -0.25) is 4.79 Å². The van der Waals surface area contributed by atoms with Gasteiger partial charge in [0.25, 0.3) is 0 Å². The highest BCUT2D eigenvalue weighted by Gasteiger charge is 2.34. The molecule has 1 amide bonds. The van der Waals surface area contributed by atoms with Crippen LogP contribution in [-0.2, 0) is 11.2 Å². The Balaban J connectivity index is 1.85. The van der Waals surface area contributed by atoms with Crippen molar-refractivity contribution >= 4 is 16.8 Å². The van der Waals surface area contributed by atoms with Crippen LogP contribution in [0.3, 0.4) is 0 Å². The Morgan fingerprint density at radius 3 is 3.09 bits per heavy atom. The number of carbonyl (C=O) groups is 1. The third-order valence-electron chi connectivity index (χ3n) is 4.29. The summed E-state index contributed by atoms with van der Waals surface area (Å²) in [6, 6.07) is 5.27. The lowest BCUT2D eigenvalue weighted by molar-refractivity contribution is -0.132. The Hall–Kier alpha value is -2.08. The number of aromatic amines is 1. The van der Waals surface area contributed by atoms with Crippen LogP contribution >= 0.6 is 0 Å². The summed E-state index contributed by atoms with van der Waals surface area (Å²) >= 11 is 0. The van der Waals surface area contributed by atoms with Crippen molar-refractivity contribution < 1.29 is 19.0 Å². The maximum atomic E-state index is 13.5. The maximum Gasteiger partial charge on any atom is 0.227 e. The Labute approximate surface area is 134 Å². The highest BCUT2D eigenvalue weighted by atomic mass is 19.1. The molecule has 2 atom stereocenters. The van der Waals surface area contributed by atoms with Gasteiger partial charge in [0.15, 0.2) is 0 Å². The first kappa shape index (κ1) is 15.8. The number of aromatic nitrogens is 1. The fourth-order valence-corrected chi connectivity index (χ4v) is 3.24. The van der Waals surface area contributed by atoms with E-state index in [0.717, 1.165) is 22.2 Å². The summed E-state index contributed by atoms with van der Waals surface area (Å²) in [5.41, 5.74) is 1.73. The smallest absolute Gasteiger partial charge is 0.227 e. The normalized spacial score (nSPS) is 21.1. The number of ether oxygens (including phenoxy) is 1. The Kier molecular flexibility index (Phi) is 4.52. The summed E-state index contributed by atoms with van der Waals surface area (Å²) in [5, 5.41) is 10.2. The van der Waals surface area contributed by atoms with Crippen LogP contribution in [0.15, 0.2) is 24.4 Å². The average molecular weight is 320 g/mol. The summed E-state index contributed by atoms with van der Waals surface area (Å²) < 4.78 is 19.2. The van der Waals surface area contributed by atoms with E-state index in [9.17, 15) is 14.3 Å². The van der Waals surface area contributed by atoms with E-state index in [1.807, 2.05) is 25.1 Å². The minimum Gasteiger partial charge on any atom is -0.493 e. The number of hydrogen-bond donors (Lipinski definition) is 2. The fourth-order valence-electron chi connectivity index (χ4n) is 3.24. The van der Waals surface area contributed by atoms with Gasteiger partial charge in [-0.15, -0.1) is 0 Å². The second-order valence-corrected chi connectivity index (χ2v) is 5.82. The number of amides is 1. The highest BCUT2D eigenvalue weighted by Crippen LogP contribution is 2.30. The predicted octanol–water partition coefficient (Wildman–Crippen LogP) is 2.04. The van der Waals surface area contributed by atoms with Crippen LogP contribution in [0.2, 0.25) is 0 Å². The number of H-pyrrole nitrogens is 1. The molecular formula is C17H21FN2O3. The zero-order valence-electron chi connectivity index (χ0n) is 13.1. The van der Waals surface area contributed by atoms with Gasteiger partial charge in [-0.2, -0.15) is 0 Å². The van der Waals surface area contributed by atoms with E-state index in [4.69, 9.17) is 4.74 Å². The molecule has 1 aromatic heterocycles. The van der Waals surface area contributed by atoms with Crippen LogP contribution < -0.4 is 4.74 Å². The molecule has 1 aliphatic rings. The molecule has 2 aromatic rings. The van der Waals surface area contributed by atoms with Crippen molar-refractivity contribution in [3.05, 3.63) is 30.0 Å². The van der Waals surface area contributed by atoms with Gasteiger partial charge in [0.1, 0.15) is 11.9 Å². The van der Waals surface area contributed by atoms with Crippen LogP contribution in [0.25, 0.3) is 10.9 Å². The van der Waals surface area contributed by atoms with E-state index in [1.54, 1.807) is 6.20 Å². The second-order valence-electron chi connectivity index (χ2n) is 5.82. The number of benzene rings is 1. The second kappa shape index (κ2) is 6.58. The van der Waals surface area contributed by atoms with Crippen LogP contribution in [0.5, 0.6) is 5.75 Å². The number of aliphatic hydroxyl groups excluding tert-OH is 1. The van der Waals surface area contributed by atoms with Gasteiger partial charge in [0.05, 0.1) is 32.2 Å². The van der Waals surface area contributed by atoms with Gasteiger partial charge in [-0.05, 0) is 24.6 Å². The first-order valence-corrected chi connectivity index (χ1v) is 7.90. The molecular weight excluding hydrogens is 299 g/mol. The molecule has 2 heterocycles. The molecule has 2 N–H and O–H groups in total. The lowest BCUT2D eigenvalue weighted by Crippen LogP contribution is -2.38. The lowest BCUT2D eigenvalue weighted by Gasteiger charge is -2.22. The van der Waals surface area contributed by atoms with Crippen LogP contribution in [0, 0.1) is 0 Å². The van der Waals surface area contributed by atoms with Crippen molar-refractivity contribution in [2.45, 2.75) is 32.0 Å². The molecule has 1 fully saturated rings. The van der Waals surface area contributed by atoms with Crippen molar-refractivity contribution in [3.8, 4) is 5.75 Å². The van der Waals surface area contributed by atoms with Crippen molar-refractivity contribution in [2.75, 3.05) is 19.8 Å². The summed E-state index contributed by atoms with van der Waals surface area (Å²) in [6.45, 7) is 2.31. The summed E-state index contributed by atoms with van der Waals surface area (Å²) in [6.07, 6.45) is 1.11. The average Bonchev–Trinajstić information content (AvgIpc) is 3.12. The number of nitrogens with one attached hydrogen (secondary N) is 1. The molecule has 0 saturated carbocycles. The number of rotatable bonds is 5. The molecule has 1 aliphatic heterocycles. The summed E-state index contributed by atoms with van der Waals surface area (Å²) in [7, 11) is 0. The monoisotopic (exact) mass is 320 g/mol. The summed E-state index contributed by atoms with van der Waals surface area (Å²) in [5.74, 6) is 0.564. The number of aliphatic hydroxyl groups is 1.